The maximum atomic E-state index is 13.3. The van der Waals surface area contributed by atoms with Gasteiger partial charge in [-0.2, -0.15) is 0 Å². The summed E-state index contributed by atoms with van der Waals surface area (Å²) < 4.78 is 14.0. The Bertz CT molecular complexity index is 1320. The van der Waals surface area contributed by atoms with Crippen LogP contribution in [0.25, 0.3) is 0 Å². The summed E-state index contributed by atoms with van der Waals surface area (Å²) in [6, 6.07) is 21.3. The molecule has 7 heteroatoms. The number of hydrogen-bond donors (Lipinski definition) is 0. The molecule has 2 aromatic heterocycles. The van der Waals surface area contributed by atoms with Crippen molar-refractivity contribution in [3.05, 3.63) is 107 Å². The maximum absolute atomic E-state index is 13.3. The molecule has 1 aliphatic heterocycles. The number of aromatic nitrogens is 3. The first-order valence-electron chi connectivity index (χ1n) is 11.7. The van der Waals surface area contributed by atoms with E-state index in [-0.39, 0.29) is 12.0 Å². The summed E-state index contributed by atoms with van der Waals surface area (Å²) in [6.45, 7) is 6.11. The minimum Gasteiger partial charge on any atom is -0.439 e. The molecular formula is C28H28N4O3. The monoisotopic (exact) mass is 468 g/mol. The van der Waals surface area contributed by atoms with E-state index in [2.05, 4.69) is 14.5 Å². The number of carbonyl (C=O) groups excluding carboxylic acids is 1. The normalized spacial score (nSPS) is 15.7. The van der Waals surface area contributed by atoms with Gasteiger partial charge in [0.2, 0.25) is 5.88 Å². The van der Waals surface area contributed by atoms with Gasteiger partial charge in [0.1, 0.15) is 17.7 Å². The summed E-state index contributed by atoms with van der Waals surface area (Å²) in [7, 11) is 0. The van der Waals surface area contributed by atoms with Crippen LogP contribution in [0.3, 0.4) is 0 Å². The van der Waals surface area contributed by atoms with Gasteiger partial charge < -0.3 is 18.9 Å². The molecule has 7 nitrogen and oxygen atoms in total. The SMILES string of the molecule is Cc1ccc(Oc2cccc([C@H]3CN(C(=O)c4cccc(Cn5ccnc5C)c4)CCO3)n2)cc1. The summed E-state index contributed by atoms with van der Waals surface area (Å²) >= 11 is 0. The van der Waals surface area contributed by atoms with Gasteiger partial charge in [-0.15, -0.1) is 0 Å². The third-order valence-electron chi connectivity index (χ3n) is 6.12. The Hall–Kier alpha value is -3.97. The highest BCUT2D eigenvalue weighted by Gasteiger charge is 2.27. The lowest BCUT2D eigenvalue weighted by molar-refractivity contribution is -0.0248. The van der Waals surface area contributed by atoms with E-state index < -0.39 is 0 Å². The fraction of sp³-hybridized carbons (Fsp3) is 0.250. The molecule has 1 aliphatic rings. The number of benzene rings is 2. The summed E-state index contributed by atoms with van der Waals surface area (Å²) in [6.07, 6.45) is 3.42. The maximum Gasteiger partial charge on any atom is 0.254 e. The first-order valence-corrected chi connectivity index (χ1v) is 11.7. The van der Waals surface area contributed by atoms with Crippen LogP contribution in [0.15, 0.2) is 79.1 Å². The van der Waals surface area contributed by atoms with Crippen molar-refractivity contribution in [3.8, 4) is 11.6 Å². The van der Waals surface area contributed by atoms with Gasteiger partial charge in [0.25, 0.3) is 5.91 Å². The van der Waals surface area contributed by atoms with Gasteiger partial charge in [-0.3, -0.25) is 4.79 Å². The van der Waals surface area contributed by atoms with E-state index in [4.69, 9.17) is 9.47 Å². The van der Waals surface area contributed by atoms with Gasteiger partial charge in [0.05, 0.1) is 18.8 Å². The van der Waals surface area contributed by atoms with E-state index >= 15 is 0 Å². The van der Waals surface area contributed by atoms with Crippen LogP contribution in [-0.4, -0.2) is 45.0 Å². The van der Waals surface area contributed by atoms with E-state index in [0.717, 1.165) is 22.8 Å². The van der Waals surface area contributed by atoms with Crippen LogP contribution >= 0.6 is 0 Å². The van der Waals surface area contributed by atoms with E-state index in [9.17, 15) is 4.79 Å². The summed E-state index contributed by atoms with van der Waals surface area (Å²) in [5, 5.41) is 0. The molecule has 1 saturated heterocycles. The lowest BCUT2D eigenvalue weighted by Gasteiger charge is -2.33. The Kier molecular flexibility index (Phi) is 6.59. The van der Waals surface area contributed by atoms with Gasteiger partial charge >= 0.3 is 0 Å². The van der Waals surface area contributed by atoms with Gasteiger partial charge in [-0.25, -0.2) is 9.97 Å². The summed E-state index contributed by atoms with van der Waals surface area (Å²) in [5.74, 6) is 2.17. The third-order valence-corrected chi connectivity index (χ3v) is 6.12. The predicted molar refractivity (Wildman–Crippen MR) is 133 cm³/mol. The fourth-order valence-corrected chi connectivity index (χ4v) is 4.16. The first-order chi connectivity index (χ1) is 17.0. The van der Waals surface area contributed by atoms with Crippen LogP contribution < -0.4 is 4.74 Å². The van der Waals surface area contributed by atoms with Crippen LogP contribution in [0, 0.1) is 13.8 Å². The van der Waals surface area contributed by atoms with Gasteiger partial charge in [0, 0.05) is 37.1 Å². The van der Waals surface area contributed by atoms with E-state index in [1.165, 1.54) is 5.56 Å². The standard InChI is InChI=1S/C28H28N4O3/c1-20-9-11-24(12-10-20)35-27-8-4-7-25(30-27)26-19-32(15-16-34-26)28(33)23-6-3-5-22(17-23)18-31-14-13-29-21(31)2/h3-14,17,26H,15-16,18-19H2,1-2H3/t26-/m1/s1. The first kappa shape index (κ1) is 22.8. The lowest BCUT2D eigenvalue weighted by atomic mass is 10.1. The zero-order valence-electron chi connectivity index (χ0n) is 19.9. The van der Waals surface area contributed by atoms with Gasteiger partial charge in [-0.05, 0) is 49.7 Å². The second kappa shape index (κ2) is 10.1. The number of imidazole rings is 1. The number of morpholine rings is 1. The van der Waals surface area contributed by atoms with Crippen molar-refractivity contribution >= 4 is 5.91 Å². The molecule has 0 radical (unpaired) electrons. The number of carbonyl (C=O) groups is 1. The van der Waals surface area contributed by atoms with Crippen LogP contribution in [0.1, 0.15) is 39.1 Å². The number of pyridine rings is 1. The molecule has 4 aromatic rings. The molecule has 0 aliphatic carbocycles. The van der Waals surface area contributed by atoms with Gasteiger partial charge in [0.15, 0.2) is 0 Å². The van der Waals surface area contributed by atoms with Crippen LogP contribution in [0.2, 0.25) is 0 Å². The minimum absolute atomic E-state index is 0.00503. The topological polar surface area (TPSA) is 69.5 Å². The van der Waals surface area contributed by atoms with Crippen LogP contribution in [0.5, 0.6) is 11.6 Å². The molecule has 1 fully saturated rings. The predicted octanol–water partition coefficient (Wildman–Crippen LogP) is 4.95. The molecule has 1 atom stereocenters. The molecule has 0 saturated carbocycles. The quantitative estimate of drug-likeness (QED) is 0.401. The fourth-order valence-electron chi connectivity index (χ4n) is 4.16. The molecular weight excluding hydrogens is 440 g/mol. The number of aryl methyl sites for hydroxylation is 2. The van der Waals surface area contributed by atoms with Crippen molar-refractivity contribution in [1.29, 1.82) is 0 Å². The summed E-state index contributed by atoms with van der Waals surface area (Å²) in [5.41, 5.74) is 3.65. The number of amides is 1. The molecule has 35 heavy (non-hydrogen) atoms. The van der Waals surface area contributed by atoms with Gasteiger partial charge in [-0.1, -0.05) is 35.9 Å². The van der Waals surface area contributed by atoms with Crippen molar-refractivity contribution in [2.45, 2.75) is 26.5 Å². The highest BCUT2D eigenvalue weighted by molar-refractivity contribution is 5.94. The Morgan fingerprint density at radius 3 is 2.71 bits per heavy atom. The van der Waals surface area contributed by atoms with Crippen molar-refractivity contribution in [1.82, 2.24) is 19.4 Å². The number of rotatable bonds is 6. The minimum atomic E-state index is -0.314. The zero-order valence-corrected chi connectivity index (χ0v) is 19.9. The molecule has 0 N–H and O–H groups in total. The Labute approximate surface area is 205 Å². The molecule has 178 valence electrons. The second-order valence-electron chi connectivity index (χ2n) is 8.73. The van der Waals surface area contributed by atoms with Crippen LogP contribution in [-0.2, 0) is 11.3 Å². The third kappa shape index (κ3) is 5.41. The lowest BCUT2D eigenvalue weighted by Crippen LogP contribution is -2.42. The summed E-state index contributed by atoms with van der Waals surface area (Å²) in [4.78, 5) is 24.1. The van der Waals surface area contributed by atoms with Crippen molar-refractivity contribution in [2.24, 2.45) is 0 Å². The second-order valence-corrected chi connectivity index (χ2v) is 8.73. The average Bonchev–Trinajstić information content (AvgIpc) is 3.29. The molecule has 2 aromatic carbocycles. The van der Waals surface area contributed by atoms with Crippen LogP contribution in [0.4, 0.5) is 0 Å². The Morgan fingerprint density at radius 1 is 1.09 bits per heavy atom. The number of ether oxygens (including phenoxy) is 2. The highest BCUT2D eigenvalue weighted by Crippen LogP contribution is 2.26. The van der Waals surface area contributed by atoms with Crippen molar-refractivity contribution in [2.75, 3.05) is 19.7 Å². The Balaban J connectivity index is 1.28. The Morgan fingerprint density at radius 2 is 1.91 bits per heavy atom. The average molecular weight is 469 g/mol. The molecule has 0 bridgehead atoms. The van der Waals surface area contributed by atoms with E-state index in [1.54, 1.807) is 6.20 Å². The number of hydrogen-bond acceptors (Lipinski definition) is 5. The largest absolute Gasteiger partial charge is 0.439 e. The van der Waals surface area contributed by atoms with Crippen molar-refractivity contribution < 1.29 is 14.3 Å². The smallest absolute Gasteiger partial charge is 0.254 e. The molecule has 1 amide bonds. The molecule has 0 spiro atoms. The van der Waals surface area contributed by atoms with E-state index in [1.807, 2.05) is 91.7 Å². The molecule has 3 heterocycles. The van der Waals surface area contributed by atoms with E-state index in [0.29, 0.717) is 37.7 Å². The zero-order chi connectivity index (χ0) is 24.2. The molecule has 5 rings (SSSR count). The molecule has 0 unspecified atom stereocenters. The van der Waals surface area contributed by atoms with Crippen molar-refractivity contribution in [3.63, 3.8) is 0 Å². The number of nitrogens with zero attached hydrogens (tertiary/aromatic N) is 4. The highest BCUT2D eigenvalue weighted by atomic mass is 16.5.